The minimum absolute atomic E-state index is 0.0483. The lowest BCUT2D eigenvalue weighted by Gasteiger charge is -2.18. The molecule has 1 saturated heterocycles. The molecule has 1 amide bonds. The number of hydrogen-bond acceptors (Lipinski definition) is 4. The number of hydrogen-bond donors (Lipinski definition) is 3. The van der Waals surface area contributed by atoms with Gasteiger partial charge in [-0.25, -0.2) is 4.39 Å². The first-order chi connectivity index (χ1) is 15.9. The second kappa shape index (κ2) is 9.93. The van der Waals surface area contributed by atoms with Crippen LogP contribution in [0.2, 0.25) is 0 Å². The molecule has 4 rings (SSSR count). The molecule has 0 bridgehead atoms. The summed E-state index contributed by atoms with van der Waals surface area (Å²) in [5, 5.41) is 7.99. The van der Waals surface area contributed by atoms with Crippen LogP contribution in [-0.2, 0) is 11.3 Å². The van der Waals surface area contributed by atoms with Gasteiger partial charge in [0.2, 0.25) is 0 Å². The third-order valence-corrected chi connectivity index (χ3v) is 6.65. The van der Waals surface area contributed by atoms with Gasteiger partial charge in [-0.1, -0.05) is 6.07 Å². The Bertz CT molecular complexity index is 1160. The Morgan fingerprint density at radius 2 is 2.06 bits per heavy atom. The Labute approximate surface area is 194 Å². The predicted molar refractivity (Wildman–Crippen MR) is 130 cm³/mol. The molecule has 6 nitrogen and oxygen atoms in total. The van der Waals surface area contributed by atoms with Crippen molar-refractivity contribution >= 4 is 22.5 Å². The fraction of sp³-hybridized carbons (Fsp3) is 0.423. The van der Waals surface area contributed by atoms with Crippen LogP contribution in [0.3, 0.4) is 0 Å². The van der Waals surface area contributed by atoms with Gasteiger partial charge in [-0.05, 0) is 68.1 Å². The van der Waals surface area contributed by atoms with E-state index in [0.29, 0.717) is 31.3 Å². The number of nitrogens with one attached hydrogen (secondary N) is 3. The summed E-state index contributed by atoms with van der Waals surface area (Å²) in [4.78, 5) is 18.8. The molecule has 33 heavy (non-hydrogen) atoms. The second-order valence-electron chi connectivity index (χ2n) is 8.93. The van der Waals surface area contributed by atoms with Gasteiger partial charge in [-0.3, -0.25) is 4.79 Å². The van der Waals surface area contributed by atoms with Crippen molar-refractivity contribution in [1.82, 2.24) is 15.2 Å². The Hall–Kier alpha value is -2.90. The number of aryl methyl sites for hydroxylation is 3. The smallest absolute Gasteiger partial charge is 0.254 e. The van der Waals surface area contributed by atoms with Gasteiger partial charge in [0.05, 0.1) is 17.8 Å². The maximum absolute atomic E-state index is 13.5. The predicted octanol–water partition coefficient (Wildman–Crippen LogP) is 4.29. The molecule has 3 N–H and O–H groups in total. The number of nitrogens with zero attached hydrogens (tertiary/aromatic N) is 1. The number of aromatic amines is 1. The number of carbonyl (C=O) groups is 1. The first-order valence-corrected chi connectivity index (χ1v) is 11.5. The molecule has 0 aliphatic carbocycles. The number of anilines is 1. The normalized spacial score (nSPS) is 16.0. The zero-order valence-corrected chi connectivity index (χ0v) is 19.8. The Kier molecular flexibility index (Phi) is 7.00. The van der Waals surface area contributed by atoms with Crippen LogP contribution in [0.25, 0.3) is 10.9 Å². The number of ether oxygens (including phenoxy) is 1. The van der Waals surface area contributed by atoms with Gasteiger partial charge < -0.3 is 25.3 Å². The molecule has 7 heteroatoms. The summed E-state index contributed by atoms with van der Waals surface area (Å²) in [6, 6.07) is 9.05. The number of carbonyl (C=O) groups excluding carboxylic acids is 1. The largest absolute Gasteiger partial charge is 0.383 e. The van der Waals surface area contributed by atoms with Gasteiger partial charge >= 0.3 is 0 Å². The van der Waals surface area contributed by atoms with Crippen LogP contribution in [0, 0.1) is 26.6 Å². The van der Waals surface area contributed by atoms with Crippen LogP contribution in [0.15, 0.2) is 30.3 Å². The standard InChI is InChI=1S/C26H33FN4O2/c1-16-11-21(27)6-5-19(16)14-29-24-13-20(12-23-17(2)18(3)30-25(23)24)26(32)31-9-7-22(15-31)28-8-10-33-4/h5-6,11-13,22,28-30H,7-10,14-15H2,1-4H3. The van der Waals surface area contributed by atoms with Crippen LogP contribution in [0.5, 0.6) is 0 Å². The molecule has 0 radical (unpaired) electrons. The number of rotatable bonds is 8. The Morgan fingerprint density at radius 3 is 2.82 bits per heavy atom. The van der Waals surface area contributed by atoms with E-state index in [4.69, 9.17) is 4.74 Å². The highest BCUT2D eigenvalue weighted by molar-refractivity contribution is 6.03. The van der Waals surface area contributed by atoms with Gasteiger partial charge in [-0.15, -0.1) is 0 Å². The second-order valence-corrected chi connectivity index (χ2v) is 8.93. The first-order valence-electron chi connectivity index (χ1n) is 11.5. The molecule has 2 aromatic carbocycles. The van der Waals surface area contributed by atoms with E-state index in [9.17, 15) is 9.18 Å². The number of methoxy groups -OCH3 is 1. The van der Waals surface area contributed by atoms with Crippen molar-refractivity contribution in [1.29, 1.82) is 0 Å². The van der Waals surface area contributed by atoms with Crippen molar-refractivity contribution in [3.8, 4) is 0 Å². The summed E-state index contributed by atoms with van der Waals surface area (Å²) in [6.07, 6.45) is 0.939. The van der Waals surface area contributed by atoms with E-state index in [1.165, 1.54) is 6.07 Å². The Balaban J connectivity index is 1.57. The fourth-order valence-electron chi connectivity index (χ4n) is 4.53. The summed E-state index contributed by atoms with van der Waals surface area (Å²) in [5.74, 6) is -0.185. The van der Waals surface area contributed by atoms with E-state index >= 15 is 0 Å². The summed E-state index contributed by atoms with van der Waals surface area (Å²) in [5.41, 5.74) is 6.69. The molecule has 3 aromatic rings. The van der Waals surface area contributed by atoms with Crippen LogP contribution >= 0.6 is 0 Å². The highest BCUT2D eigenvalue weighted by Crippen LogP contribution is 2.31. The van der Waals surface area contributed by atoms with Crippen molar-refractivity contribution in [2.24, 2.45) is 0 Å². The summed E-state index contributed by atoms with van der Waals surface area (Å²) >= 11 is 0. The third-order valence-electron chi connectivity index (χ3n) is 6.65. The van der Waals surface area contributed by atoms with Crippen molar-refractivity contribution in [2.75, 3.05) is 38.7 Å². The SMILES string of the molecule is COCCNC1CCN(C(=O)c2cc(NCc3ccc(F)cc3C)c3[nH]c(C)c(C)c3c2)C1. The lowest BCUT2D eigenvalue weighted by atomic mass is 10.1. The number of benzene rings is 2. The molecule has 2 heterocycles. The number of fused-ring (bicyclic) bond motifs is 1. The number of H-pyrrole nitrogens is 1. The molecule has 1 unspecified atom stereocenters. The highest BCUT2D eigenvalue weighted by Gasteiger charge is 2.27. The lowest BCUT2D eigenvalue weighted by molar-refractivity contribution is 0.0789. The summed E-state index contributed by atoms with van der Waals surface area (Å²) in [7, 11) is 1.69. The molecule has 1 aliphatic rings. The average Bonchev–Trinajstić information content (AvgIpc) is 3.37. The van der Waals surface area contributed by atoms with Crippen LogP contribution in [-0.4, -0.2) is 55.2 Å². The van der Waals surface area contributed by atoms with E-state index in [0.717, 1.165) is 58.5 Å². The zero-order chi connectivity index (χ0) is 23.5. The van der Waals surface area contributed by atoms with Crippen molar-refractivity contribution in [2.45, 2.75) is 39.8 Å². The van der Waals surface area contributed by atoms with Gasteiger partial charge in [0.25, 0.3) is 5.91 Å². The third kappa shape index (κ3) is 5.04. The highest BCUT2D eigenvalue weighted by atomic mass is 19.1. The summed E-state index contributed by atoms with van der Waals surface area (Å²) < 4.78 is 18.6. The van der Waals surface area contributed by atoms with Gasteiger partial charge in [-0.2, -0.15) is 0 Å². The van der Waals surface area contributed by atoms with Gasteiger partial charge in [0, 0.05) is 56.0 Å². The van der Waals surface area contributed by atoms with Crippen LogP contribution < -0.4 is 10.6 Å². The molecule has 0 saturated carbocycles. The summed E-state index contributed by atoms with van der Waals surface area (Å²) in [6.45, 7) is 9.45. The van der Waals surface area contributed by atoms with Gasteiger partial charge in [0.1, 0.15) is 5.82 Å². The molecule has 1 fully saturated rings. The maximum atomic E-state index is 13.5. The molecular formula is C26H33FN4O2. The van der Waals surface area contributed by atoms with Crippen molar-refractivity contribution in [3.05, 3.63) is 64.1 Å². The molecule has 176 valence electrons. The van der Waals surface area contributed by atoms with E-state index in [1.54, 1.807) is 19.2 Å². The van der Waals surface area contributed by atoms with Crippen molar-refractivity contribution in [3.63, 3.8) is 0 Å². The minimum Gasteiger partial charge on any atom is -0.383 e. The average molecular weight is 453 g/mol. The minimum atomic E-state index is -0.234. The molecule has 1 aliphatic heterocycles. The number of halogens is 1. The molecule has 1 aromatic heterocycles. The van der Waals surface area contributed by atoms with Gasteiger partial charge in [0.15, 0.2) is 0 Å². The zero-order valence-electron chi connectivity index (χ0n) is 19.8. The first kappa shape index (κ1) is 23.3. The molecular weight excluding hydrogens is 419 g/mol. The van der Waals surface area contributed by atoms with E-state index in [1.807, 2.05) is 30.9 Å². The Morgan fingerprint density at radius 1 is 1.24 bits per heavy atom. The monoisotopic (exact) mass is 452 g/mol. The topological polar surface area (TPSA) is 69.4 Å². The van der Waals surface area contributed by atoms with E-state index in [-0.39, 0.29) is 11.7 Å². The quantitative estimate of drug-likeness (QED) is 0.446. The fourth-order valence-corrected chi connectivity index (χ4v) is 4.53. The van der Waals surface area contributed by atoms with Crippen LogP contribution in [0.1, 0.15) is 39.2 Å². The number of aromatic nitrogens is 1. The van der Waals surface area contributed by atoms with Crippen molar-refractivity contribution < 1.29 is 13.9 Å². The van der Waals surface area contributed by atoms with Crippen LogP contribution in [0.4, 0.5) is 10.1 Å². The molecule has 1 atom stereocenters. The molecule has 0 spiro atoms. The number of amides is 1. The van der Waals surface area contributed by atoms with E-state index in [2.05, 4.69) is 22.5 Å². The lowest BCUT2D eigenvalue weighted by Crippen LogP contribution is -2.36. The number of likely N-dealkylation sites (tertiary alicyclic amines) is 1. The van der Waals surface area contributed by atoms with E-state index < -0.39 is 0 Å². The maximum Gasteiger partial charge on any atom is 0.254 e.